The molecule has 6 nitrogen and oxygen atoms in total. The van der Waals surface area contributed by atoms with Crippen molar-refractivity contribution in [3.63, 3.8) is 0 Å². The molecule has 0 aliphatic carbocycles. The van der Waals surface area contributed by atoms with Gasteiger partial charge in [-0.2, -0.15) is 9.64 Å². The van der Waals surface area contributed by atoms with Crippen molar-refractivity contribution >= 4 is 39.1 Å². The van der Waals surface area contributed by atoms with Gasteiger partial charge in [-0.1, -0.05) is 6.07 Å². The van der Waals surface area contributed by atoms with E-state index in [0.717, 1.165) is 28.0 Å². The Hall–Kier alpha value is -2.24. The molecule has 0 saturated heterocycles. The van der Waals surface area contributed by atoms with Crippen molar-refractivity contribution < 1.29 is 4.21 Å². The van der Waals surface area contributed by atoms with Crippen molar-refractivity contribution in [2.24, 2.45) is 0 Å². The molecule has 3 aromatic rings. The highest BCUT2D eigenvalue weighted by molar-refractivity contribution is 7.88. The number of fused-ring (bicyclic) bond motifs is 1. The number of nitrogens with one attached hydrogen (secondary N) is 2. The number of H-pyrrole nitrogens is 1. The number of aromatic amines is 1. The number of rotatable bonds is 3. The van der Waals surface area contributed by atoms with Gasteiger partial charge in [0.25, 0.3) is 0 Å². The van der Waals surface area contributed by atoms with Crippen LogP contribution in [0.5, 0.6) is 0 Å². The molecule has 0 saturated carbocycles. The summed E-state index contributed by atoms with van der Waals surface area (Å²) in [5.41, 5.74) is 3.00. The van der Waals surface area contributed by atoms with Crippen molar-refractivity contribution in [2.45, 2.75) is 18.2 Å². The molecule has 0 amide bonds. The van der Waals surface area contributed by atoms with Crippen LogP contribution in [0, 0.1) is 25.2 Å². The van der Waals surface area contributed by atoms with Gasteiger partial charge >= 0.3 is 0 Å². The lowest BCUT2D eigenvalue weighted by Crippen LogP contribution is -2.05. The second kappa shape index (κ2) is 5.27. The van der Waals surface area contributed by atoms with Crippen LogP contribution in [0.15, 0.2) is 22.7 Å². The van der Waals surface area contributed by atoms with Crippen LogP contribution in [0.1, 0.15) is 17.0 Å². The molecule has 8 heteroatoms. The average Bonchev–Trinajstić information content (AvgIpc) is 3.08. The predicted octanol–water partition coefficient (Wildman–Crippen LogP) is 2.64. The monoisotopic (exact) mass is 317 g/mol. The summed E-state index contributed by atoms with van der Waals surface area (Å²) in [6.07, 6.45) is 1.65. The fourth-order valence-corrected chi connectivity index (χ4v) is 3.69. The maximum atomic E-state index is 12.3. The Kier molecular flexibility index (Phi) is 3.45. The van der Waals surface area contributed by atoms with E-state index in [2.05, 4.69) is 25.1 Å². The fourth-order valence-electron chi connectivity index (χ4n) is 2.09. The van der Waals surface area contributed by atoms with Crippen LogP contribution >= 0.6 is 11.5 Å². The second-order valence-electron chi connectivity index (χ2n) is 4.47. The van der Waals surface area contributed by atoms with E-state index in [9.17, 15) is 4.21 Å². The zero-order valence-electron chi connectivity index (χ0n) is 11.3. The number of hydrogen-bond acceptors (Lipinski definition) is 5. The summed E-state index contributed by atoms with van der Waals surface area (Å²) in [7, 11) is -1.48. The Morgan fingerprint density at radius 1 is 1.43 bits per heavy atom. The minimum absolute atomic E-state index is 0.424. The highest BCUT2D eigenvalue weighted by Crippen LogP contribution is 2.29. The van der Waals surface area contributed by atoms with E-state index in [1.54, 1.807) is 13.1 Å². The molecule has 1 unspecified atom stereocenters. The molecule has 0 bridgehead atoms. The number of nitriles is 1. The Bertz CT molecular complexity index is 890. The normalized spacial score (nSPS) is 12.2. The number of hydrogen-bond donors (Lipinski definition) is 2. The van der Waals surface area contributed by atoms with Gasteiger partial charge in [0.2, 0.25) is 4.34 Å². The summed E-state index contributed by atoms with van der Waals surface area (Å²) in [5, 5.41) is 9.98. The van der Waals surface area contributed by atoms with Crippen molar-refractivity contribution in [2.75, 3.05) is 4.72 Å². The first kappa shape index (κ1) is 13.7. The molecule has 3 rings (SSSR count). The smallest absolute Gasteiger partial charge is 0.221 e. The molecule has 1 aromatic carbocycles. The fraction of sp³-hybridized carbons (Fsp3) is 0.154. The van der Waals surface area contributed by atoms with Gasteiger partial charge in [-0.3, -0.25) is 4.72 Å². The van der Waals surface area contributed by atoms with Crippen molar-refractivity contribution in [1.82, 2.24) is 14.3 Å². The highest BCUT2D eigenvalue weighted by atomic mass is 32.2. The largest absolute Gasteiger partial charge is 0.358 e. The number of aromatic nitrogens is 3. The SMILES string of the molecule is Cc1nsc(S(=O)Nc2ccc(C)c3c(C#N)c[nH]c23)n1. The van der Waals surface area contributed by atoms with Crippen molar-refractivity contribution in [3.8, 4) is 6.07 Å². The Morgan fingerprint density at radius 3 is 2.90 bits per heavy atom. The van der Waals surface area contributed by atoms with E-state index in [4.69, 9.17) is 5.26 Å². The topological polar surface area (TPSA) is 94.5 Å². The summed E-state index contributed by atoms with van der Waals surface area (Å²) in [6, 6.07) is 5.88. The molecule has 2 N–H and O–H groups in total. The van der Waals surface area contributed by atoms with Crippen LogP contribution in [-0.2, 0) is 11.0 Å². The summed E-state index contributed by atoms with van der Waals surface area (Å²) in [6.45, 7) is 3.69. The lowest BCUT2D eigenvalue weighted by molar-refractivity contribution is 0.685. The highest BCUT2D eigenvalue weighted by Gasteiger charge is 2.14. The van der Waals surface area contributed by atoms with Crippen LogP contribution in [0.3, 0.4) is 0 Å². The molecule has 21 heavy (non-hydrogen) atoms. The minimum Gasteiger partial charge on any atom is -0.358 e. The minimum atomic E-state index is -1.48. The summed E-state index contributed by atoms with van der Waals surface area (Å²) in [5.74, 6) is 0.603. The number of benzene rings is 1. The Labute approximate surface area is 127 Å². The summed E-state index contributed by atoms with van der Waals surface area (Å²) >= 11 is 1.11. The number of nitrogens with zero attached hydrogens (tertiary/aromatic N) is 3. The quantitative estimate of drug-likeness (QED) is 0.776. The molecule has 1 atom stereocenters. The van der Waals surface area contributed by atoms with E-state index in [1.807, 2.05) is 19.1 Å². The number of anilines is 1. The van der Waals surface area contributed by atoms with Gasteiger partial charge in [-0.25, -0.2) is 9.19 Å². The molecule has 0 aliphatic rings. The molecule has 106 valence electrons. The summed E-state index contributed by atoms with van der Waals surface area (Å²) in [4.78, 5) is 7.17. The molecule has 0 fully saturated rings. The molecule has 2 aromatic heterocycles. The van der Waals surface area contributed by atoms with Crippen LogP contribution in [0.4, 0.5) is 5.69 Å². The van der Waals surface area contributed by atoms with E-state index in [-0.39, 0.29) is 0 Å². The van der Waals surface area contributed by atoms with Gasteiger partial charge in [-0.05, 0) is 37.0 Å². The molecule has 0 aliphatic heterocycles. The predicted molar refractivity (Wildman–Crippen MR) is 82.4 cm³/mol. The van der Waals surface area contributed by atoms with E-state index in [1.165, 1.54) is 0 Å². The van der Waals surface area contributed by atoms with Crippen LogP contribution in [0.2, 0.25) is 0 Å². The lowest BCUT2D eigenvalue weighted by atomic mass is 10.1. The van der Waals surface area contributed by atoms with E-state index < -0.39 is 11.0 Å². The van der Waals surface area contributed by atoms with Gasteiger partial charge in [0, 0.05) is 11.6 Å². The van der Waals surface area contributed by atoms with Crippen molar-refractivity contribution in [1.29, 1.82) is 5.26 Å². The van der Waals surface area contributed by atoms with Gasteiger partial charge < -0.3 is 4.98 Å². The third kappa shape index (κ3) is 2.41. The number of aryl methyl sites for hydroxylation is 2. The second-order valence-corrected chi connectivity index (χ2v) is 6.61. The maximum Gasteiger partial charge on any atom is 0.221 e. The van der Waals surface area contributed by atoms with Crippen LogP contribution < -0.4 is 4.72 Å². The lowest BCUT2D eigenvalue weighted by Gasteiger charge is -2.06. The molecular weight excluding hydrogens is 306 g/mol. The molecule has 0 radical (unpaired) electrons. The van der Waals surface area contributed by atoms with Gasteiger partial charge in [0.15, 0.2) is 11.0 Å². The first-order chi connectivity index (χ1) is 10.1. The van der Waals surface area contributed by atoms with Crippen molar-refractivity contribution in [3.05, 3.63) is 35.3 Å². The maximum absolute atomic E-state index is 12.3. The third-order valence-corrected chi connectivity index (χ3v) is 5.13. The first-order valence-corrected chi connectivity index (χ1v) is 8.02. The van der Waals surface area contributed by atoms with Gasteiger partial charge in [0.1, 0.15) is 11.9 Å². The standard InChI is InChI=1S/C13H11N5OS2/c1-7-3-4-10(12-11(7)9(5-14)6-15-12)18-21(19)13-16-8(2)17-20-13/h3-4,6,15,18H,1-2H3. The molecular formula is C13H11N5OS2. The van der Waals surface area contributed by atoms with E-state index in [0.29, 0.717) is 21.4 Å². The zero-order chi connectivity index (χ0) is 15.0. The van der Waals surface area contributed by atoms with Crippen LogP contribution in [0.25, 0.3) is 10.9 Å². The average molecular weight is 317 g/mol. The van der Waals surface area contributed by atoms with Gasteiger partial charge in [-0.15, -0.1) is 0 Å². The molecule has 2 heterocycles. The zero-order valence-corrected chi connectivity index (χ0v) is 12.9. The summed E-state index contributed by atoms with van der Waals surface area (Å²) < 4.78 is 19.6. The Morgan fingerprint density at radius 2 is 2.24 bits per heavy atom. The van der Waals surface area contributed by atoms with Crippen LogP contribution in [-0.4, -0.2) is 18.6 Å². The first-order valence-electron chi connectivity index (χ1n) is 6.09. The Balaban J connectivity index is 2.02. The van der Waals surface area contributed by atoms with Gasteiger partial charge in [0.05, 0.1) is 16.8 Å². The third-order valence-electron chi connectivity index (χ3n) is 3.03. The van der Waals surface area contributed by atoms with E-state index >= 15 is 0 Å². The molecule has 0 spiro atoms.